The van der Waals surface area contributed by atoms with Crippen LogP contribution in [0.1, 0.15) is 20.7 Å². The summed E-state index contributed by atoms with van der Waals surface area (Å²) < 4.78 is 10.2. The molecule has 0 aliphatic heterocycles. The predicted octanol–water partition coefficient (Wildman–Crippen LogP) is 1.89. The first-order chi connectivity index (χ1) is 14.9. The molecule has 0 aliphatic carbocycles. The van der Waals surface area contributed by atoms with Gasteiger partial charge in [0.15, 0.2) is 0 Å². The Balaban J connectivity index is 1.85. The Bertz CT molecular complexity index is 1070. The third-order valence-electron chi connectivity index (χ3n) is 4.54. The highest BCUT2D eigenvalue weighted by Crippen LogP contribution is 2.23. The summed E-state index contributed by atoms with van der Waals surface area (Å²) in [5.74, 6) is 0.381. The van der Waals surface area contributed by atoms with Crippen molar-refractivity contribution in [2.24, 2.45) is 0 Å². The Kier molecular flexibility index (Phi) is 6.91. The molecule has 9 heteroatoms. The zero-order valence-corrected chi connectivity index (χ0v) is 17.0. The van der Waals surface area contributed by atoms with Crippen LogP contribution in [-0.4, -0.2) is 43.2 Å². The molecule has 8 nitrogen and oxygen atoms in total. The maximum atomic E-state index is 12.7. The van der Waals surface area contributed by atoms with Gasteiger partial charge in [-0.05, 0) is 66.1 Å². The number of carbonyl (C=O) groups excluding carboxylic acids is 2. The van der Waals surface area contributed by atoms with Crippen LogP contribution in [0.2, 0.25) is 0 Å². The van der Waals surface area contributed by atoms with Gasteiger partial charge in [-0.1, -0.05) is 6.07 Å². The minimum absolute atomic E-state index is 0.160. The van der Waals surface area contributed by atoms with E-state index in [0.717, 1.165) is 0 Å². The molecule has 0 unspecified atom stereocenters. The van der Waals surface area contributed by atoms with Gasteiger partial charge in [-0.2, -0.15) is 0 Å². The van der Waals surface area contributed by atoms with E-state index < -0.39 is 18.9 Å². The molecule has 0 radical (unpaired) electrons. The van der Waals surface area contributed by atoms with Gasteiger partial charge in [0.25, 0.3) is 11.8 Å². The number of hydrogen-bond acceptors (Lipinski definition) is 6. The Morgan fingerprint density at radius 2 is 1.16 bits per heavy atom. The SMILES string of the molecule is COc1ccc(C(=O)Nc2ccc(B(O)O)cc2NC(=O)c2ccc(OC)cc2)cc1. The van der Waals surface area contributed by atoms with Crippen molar-refractivity contribution in [2.45, 2.75) is 0 Å². The number of hydrogen-bond donors (Lipinski definition) is 4. The second-order valence-corrected chi connectivity index (χ2v) is 6.54. The van der Waals surface area contributed by atoms with Crippen LogP contribution in [0.4, 0.5) is 11.4 Å². The highest BCUT2D eigenvalue weighted by molar-refractivity contribution is 6.58. The number of benzene rings is 3. The fraction of sp³-hybridized carbons (Fsp3) is 0.0909. The fourth-order valence-corrected chi connectivity index (χ4v) is 2.81. The van der Waals surface area contributed by atoms with E-state index in [-0.39, 0.29) is 11.2 Å². The van der Waals surface area contributed by atoms with Crippen LogP contribution in [0.5, 0.6) is 11.5 Å². The number of ether oxygens (including phenoxy) is 2. The summed E-state index contributed by atoms with van der Waals surface area (Å²) in [5, 5.41) is 24.4. The lowest BCUT2D eigenvalue weighted by Crippen LogP contribution is -2.30. The zero-order valence-electron chi connectivity index (χ0n) is 17.0. The third kappa shape index (κ3) is 5.41. The normalized spacial score (nSPS) is 10.2. The van der Waals surface area contributed by atoms with Gasteiger partial charge in [0.2, 0.25) is 0 Å². The van der Waals surface area contributed by atoms with Gasteiger partial charge in [0.1, 0.15) is 11.5 Å². The second-order valence-electron chi connectivity index (χ2n) is 6.54. The minimum atomic E-state index is -1.73. The zero-order chi connectivity index (χ0) is 22.4. The van der Waals surface area contributed by atoms with E-state index in [0.29, 0.717) is 28.3 Å². The molecule has 0 fully saturated rings. The summed E-state index contributed by atoms with van der Waals surface area (Å²) in [6.45, 7) is 0. The highest BCUT2D eigenvalue weighted by atomic mass is 16.5. The van der Waals surface area contributed by atoms with Crippen molar-refractivity contribution in [3.63, 3.8) is 0 Å². The van der Waals surface area contributed by atoms with Crippen LogP contribution in [0.3, 0.4) is 0 Å². The number of carbonyl (C=O) groups is 2. The summed E-state index contributed by atoms with van der Waals surface area (Å²) >= 11 is 0. The molecule has 0 aliphatic rings. The van der Waals surface area contributed by atoms with E-state index in [1.54, 1.807) is 48.5 Å². The number of rotatable bonds is 7. The standard InChI is InChI=1S/C22H21BN2O6/c1-30-17-8-3-14(4-9-17)21(26)24-19-12-7-16(23(28)29)13-20(19)25-22(27)15-5-10-18(31-2)11-6-15/h3-13,28-29H,1-2H3,(H,24,26)(H,25,27). The van der Waals surface area contributed by atoms with E-state index in [2.05, 4.69) is 10.6 Å². The lowest BCUT2D eigenvalue weighted by molar-refractivity contribution is 0.101. The number of nitrogens with one attached hydrogen (secondary N) is 2. The molecular weight excluding hydrogens is 399 g/mol. The van der Waals surface area contributed by atoms with Crippen LogP contribution >= 0.6 is 0 Å². The molecule has 3 rings (SSSR count). The summed E-state index contributed by atoms with van der Waals surface area (Å²) in [7, 11) is 1.32. The largest absolute Gasteiger partial charge is 0.497 e. The van der Waals surface area contributed by atoms with Gasteiger partial charge in [-0.25, -0.2) is 0 Å². The lowest BCUT2D eigenvalue weighted by atomic mass is 9.80. The number of methoxy groups -OCH3 is 2. The van der Waals surface area contributed by atoms with Crippen LogP contribution in [-0.2, 0) is 0 Å². The molecule has 3 aromatic carbocycles. The molecule has 31 heavy (non-hydrogen) atoms. The van der Waals surface area contributed by atoms with Crippen molar-refractivity contribution < 1.29 is 29.1 Å². The molecule has 158 valence electrons. The van der Waals surface area contributed by atoms with Crippen molar-refractivity contribution in [1.82, 2.24) is 0 Å². The van der Waals surface area contributed by atoms with Crippen LogP contribution < -0.4 is 25.6 Å². The number of amides is 2. The molecule has 2 amide bonds. The first-order valence-electron chi connectivity index (χ1n) is 9.32. The van der Waals surface area contributed by atoms with Crippen molar-refractivity contribution in [3.8, 4) is 11.5 Å². The van der Waals surface area contributed by atoms with Crippen LogP contribution in [0.15, 0.2) is 66.7 Å². The van der Waals surface area contributed by atoms with E-state index in [9.17, 15) is 19.6 Å². The fourth-order valence-electron chi connectivity index (χ4n) is 2.81. The van der Waals surface area contributed by atoms with Crippen LogP contribution in [0.25, 0.3) is 0 Å². The molecule has 0 saturated carbocycles. The highest BCUT2D eigenvalue weighted by Gasteiger charge is 2.17. The second kappa shape index (κ2) is 9.79. The first-order valence-corrected chi connectivity index (χ1v) is 9.32. The van der Waals surface area contributed by atoms with Gasteiger partial charge in [-0.3, -0.25) is 9.59 Å². The van der Waals surface area contributed by atoms with Crippen molar-refractivity contribution in [1.29, 1.82) is 0 Å². The summed E-state index contributed by atoms with van der Waals surface area (Å²) in [5.41, 5.74) is 1.43. The Morgan fingerprint density at radius 1 is 0.710 bits per heavy atom. The lowest BCUT2D eigenvalue weighted by Gasteiger charge is -2.14. The van der Waals surface area contributed by atoms with Crippen molar-refractivity contribution in [3.05, 3.63) is 77.9 Å². The molecule has 0 saturated heterocycles. The Hall–Kier alpha value is -3.82. The van der Waals surface area contributed by atoms with E-state index in [1.165, 1.54) is 32.4 Å². The Labute approximate surface area is 179 Å². The summed E-state index contributed by atoms with van der Waals surface area (Å²) in [6.07, 6.45) is 0. The molecule has 0 spiro atoms. The van der Waals surface area contributed by atoms with Crippen LogP contribution in [0, 0.1) is 0 Å². The Morgan fingerprint density at radius 3 is 1.58 bits per heavy atom. The smallest absolute Gasteiger partial charge is 0.488 e. The predicted molar refractivity (Wildman–Crippen MR) is 118 cm³/mol. The van der Waals surface area contributed by atoms with Gasteiger partial charge in [0.05, 0.1) is 25.6 Å². The monoisotopic (exact) mass is 420 g/mol. The molecule has 4 N–H and O–H groups in total. The molecule has 0 atom stereocenters. The van der Waals surface area contributed by atoms with Gasteiger partial charge in [-0.15, -0.1) is 0 Å². The molecule has 0 aromatic heterocycles. The molecule has 3 aromatic rings. The van der Waals surface area contributed by atoms with Crippen molar-refractivity contribution in [2.75, 3.05) is 24.9 Å². The summed E-state index contributed by atoms with van der Waals surface area (Å²) in [4.78, 5) is 25.3. The molecule has 0 heterocycles. The average molecular weight is 420 g/mol. The minimum Gasteiger partial charge on any atom is -0.497 e. The average Bonchev–Trinajstić information content (AvgIpc) is 2.80. The summed E-state index contributed by atoms with van der Waals surface area (Å²) in [6, 6.07) is 17.3. The molecular formula is C22H21BN2O6. The third-order valence-corrected chi connectivity index (χ3v) is 4.54. The van der Waals surface area contributed by atoms with Gasteiger partial charge in [0, 0.05) is 11.1 Å². The van der Waals surface area contributed by atoms with E-state index in [1.807, 2.05) is 0 Å². The van der Waals surface area contributed by atoms with Crippen molar-refractivity contribution >= 4 is 35.8 Å². The first kappa shape index (κ1) is 21.9. The van der Waals surface area contributed by atoms with Gasteiger partial charge < -0.3 is 30.2 Å². The number of anilines is 2. The quantitative estimate of drug-likeness (QED) is 0.434. The topological polar surface area (TPSA) is 117 Å². The van der Waals surface area contributed by atoms with E-state index >= 15 is 0 Å². The maximum Gasteiger partial charge on any atom is 0.488 e. The van der Waals surface area contributed by atoms with Gasteiger partial charge >= 0.3 is 7.12 Å². The molecule has 0 bridgehead atoms. The van der Waals surface area contributed by atoms with E-state index in [4.69, 9.17) is 9.47 Å². The maximum absolute atomic E-state index is 12.7.